The molecule has 0 radical (unpaired) electrons. The molecule has 0 aliphatic carbocycles. The van der Waals surface area contributed by atoms with Crippen LogP contribution in [0.2, 0.25) is 0 Å². The van der Waals surface area contributed by atoms with Gasteiger partial charge in [-0.3, -0.25) is 4.99 Å². The van der Waals surface area contributed by atoms with E-state index in [0.717, 1.165) is 12.1 Å². The molecule has 1 rings (SSSR count). The SMILES string of the molecule is OCCC1=CCC=N1. The lowest BCUT2D eigenvalue weighted by molar-refractivity contribution is 0.299. The molecule has 2 nitrogen and oxygen atoms in total. The van der Waals surface area contributed by atoms with Crippen LogP contribution in [0, 0.1) is 0 Å². The summed E-state index contributed by atoms with van der Waals surface area (Å²) in [6.45, 7) is 0.211. The quantitative estimate of drug-likeness (QED) is 0.559. The number of aliphatic imine (C=N–C) groups is 1. The molecule has 0 atom stereocenters. The van der Waals surface area contributed by atoms with E-state index in [1.807, 2.05) is 12.3 Å². The molecule has 0 spiro atoms. The number of nitrogens with zero attached hydrogens (tertiary/aromatic N) is 1. The molecule has 0 aromatic carbocycles. The Hall–Kier alpha value is -0.630. The van der Waals surface area contributed by atoms with Gasteiger partial charge in [0.15, 0.2) is 0 Å². The monoisotopic (exact) mass is 111 g/mol. The van der Waals surface area contributed by atoms with E-state index in [1.165, 1.54) is 0 Å². The molecule has 0 aromatic heterocycles. The molecule has 0 aromatic rings. The molecule has 0 unspecified atom stereocenters. The van der Waals surface area contributed by atoms with E-state index < -0.39 is 0 Å². The van der Waals surface area contributed by atoms with Crippen LogP contribution in [0.5, 0.6) is 0 Å². The lowest BCUT2D eigenvalue weighted by Gasteiger charge is -1.89. The van der Waals surface area contributed by atoms with Crippen molar-refractivity contribution in [2.75, 3.05) is 6.61 Å². The maximum atomic E-state index is 8.41. The predicted molar refractivity (Wildman–Crippen MR) is 32.9 cm³/mol. The fraction of sp³-hybridized carbons (Fsp3) is 0.500. The van der Waals surface area contributed by atoms with Gasteiger partial charge in [0.1, 0.15) is 0 Å². The second-order valence-corrected chi connectivity index (χ2v) is 1.72. The normalized spacial score (nSPS) is 16.9. The molecule has 1 aliphatic heterocycles. The summed E-state index contributed by atoms with van der Waals surface area (Å²) in [5.74, 6) is 0. The number of hydrogen-bond donors (Lipinski definition) is 1. The first-order valence-electron chi connectivity index (χ1n) is 2.76. The number of aliphatic hydroxyl groups is 1. The fourth-order valence-corrected chi connectivity index (χ4v) is 0.693. The maximum absolute atomic E-state index is 8.41. The Labute approximate surface area is 48.6 Å². The summed E-state index contributed by atoms with van der Waals surface area (Å²) in [7, 11) is 0. The zero-order chi connectivity index (χ0) is 5.82. The van der Waals surface area contributed by atoms with Crippen LogP contribution in [0.25, 0.3) is 0 Å². The molecule has 1 aliphatic rings. The summed E-state index contributed by atoms with van der Waals surface area (Å²) in [6.07, 6.45) is 5.52. The molecule has 44 valence electrons. The molecule has 0 amide bonds. The van der Waals surface area contributed by atoms with E-state index in [9.17, 15) is 0 Å². The Balaban J connectivity index is 2.34. The van der Waals surface area contributed by atoms with Crippen molar-refractivity contribution in [1.82, 2.24) is 0 Å². The van der Waals surface area contributed by atoms with Crippen LogP contribution in [0.3, 0.4) is 0 Å². The molecule has 0 fully saturated rings. The maximum Gasteiger partial charge on any atom is 0.0486 e. The van der Waals surface area contributed by atoms with Crippen molar-refractivity contribution in [3.8, 4) is 0 Å². The molecule has 2 heteroatoms. The number of allylic oxidation sites excluding steroid dienone is 1. The largest absolute Gasteiger partial charge is 0.396 e. The van der Waals surface area contributed by atoms with Gasteiger partial charge in [-0.25, -0.2) is 0 Å². The Kier molecular flexibility index (Phi) is 1.80. The first kappa shape index (κ1) is 5.51. The van der Waals surface area contributed by atoms with Crippen LogP contribution in [0.4, 0.5) is 0 Å². The Morgan fingerprint density at radius 3 is 3.12 bits per heavy atom. The third kappa shape index (κ3) is 1.17. The van der Waals surface area contributed by atoms with Crippen LogP contribution in [0.1, 0.15) is 12.8 Å². The molecule has 0 saturated carbocycles. The second-order valence-electron chi connectivity index (χ2n) is 1.72. The third-order valence-corrected chi connectivity index (χ3v) is 1.08. The van der Waals surface area contributed by atoms with Crippen molar-refractivity contribution >= 4 is 6.21 Å². The van der Waals surface area contributed by atoms with Crippen LogP contribution >= 0.6 is 0 Å². The second kappa shape index (κ2) is 2.62. The highest BCUT2D eigenvalue weighted by molar-refractivity contribution is 5.64. The minimum Gasteiger partial charge on any atom is -0.396 e. The van der Waals surface area contributed by atoms with Crippen molar-refractivity contribution in [3.05, 3.63) is 11.8 Å². The smallest absolute Gasteiger partial charge is 0.0486 e. The zero-order valence-electron chi connectivity index (χ0n) is 4.67. The average Bonchev–Trinajstić information content (AvgIpc) is 2.19. The highest BCUT2D eigenvalue weighted by atomic mass is 16.3. The molecule has 0 bridgehead atoms. The van der Waals surface area contributed by atoms with E-state index in [-0.39, 0.29) is 6.61 Å². The van der Waals surface area contributed by atoms with Crippen LogP contribution in [-0.2, 0) is 0 Å². The third-order valence-electron chi connectivity index (χ3n) is 1.08. The highest BCUT2D eigenvalue weighted by Gasteiger charge is 1.95. The minimum atomic E-state index is 0.211. The summed E-state index contributed by atoms with van der Waals surface area (Å²) >= 11 is 0. The van der Waals surface area contributed by atoms with Crippen molar-refractivity contribution in [2.24, 2.45) is 4.99 Å². The molecule has 8 heavy (non-hydrogen) atoms. The molecular formula is C6H9NO. The number of aliphatic hydroxyl groups excluding tert-OH is 1. The van der Waals surface area contributed by atoms with E-state index in [4.69, 9.17) is 5.11 Å². The zero-order valence-corrected chi connectivity index (χ0v) is 4.67. The van der Waals surface area contributed by atoms with Crippen molar-refractivity contribution < 1.29 is 5.11 Å². The van der Waals surface area contributed by atoms with Gasteiger partial charge in [0.2, 0.25) is 0 Å². The van der Waals surface area contributed by atoms with Gasteiger partial charge in [0, 0.05) is 31.4 Å². The first-order valence-corrected chi connectivity index (χ1v) is 2.76. The standard InChI is InChI=1S/C6H9NO/c8-5-3-6-2-1-4-7-6/h2,4,8H,1,3,5H2. The lowest BCUT2D eigenvalue weighted by atomic mass is 10.3. The summed E-state index contributed by atoms with van der Waals surface area (Å²) in [5, 5.41) is 8.41. The van der Waals surface area contributed by atoms with E-state index in [0.29, 0.717) is 6.42 Å². The van der Waals surface area contributed by atoms with Crippen molar-refractivity contribution in [3.63, 3.8) is 0 Å². The Bertz CT molecular complexity index is 126. The van der Waals surface area contributed by atoms with Gasteiger partial charge in [-0.2, -0.15) is 0 Å². The summed E-state index contributed by atoms with van der Waals surface area (Å²) in [5.41, 5.74) is 1.02. The Morgan fingerprint density at radius 2 is 2.62 bits per heavy atom. The van der Waals surface area contributed by atoms with Gasteiger partial charge in [-0.05, 0) is 0 Å². The van der Waals surface area contributed by atoms with Crippen LogP contribution < -0.4 is 0 Å². The van der Waals surface area contributed by atoms with Crippen molar-refractivity contribution in [1.29, 1.82) is 0 Å². The van der Waals surface area contributed by atoms with Gasteiger partial charge >= 0.3 is 0 Å². The van der Waals surface area contributed by atoms with Gasteiger partial charge in [0.25, 0.3) is 0 Å². The molecule has 0 saturated heterocycles. The lowest BCUT2D eigenvalue weighted by Crippen LogP contribution is -1.81. The Morgan fingerprint density at radius 1 is 1.75 bits per heavy atom. The molecule has 1 N–H and O–H groups in total. The molecule has 1 heterocycles. The minimum absolute atomic E-state index is 0.211. The summed E-state index contributed by atoms with van der Waals surface area (Å²) in [6, 6.07) is 0. The van der Waals surface area contributed by atoms with E-state index in [2.05, 4.69) is 4.99 Å². The van der Waals surface area contributed by atoms with Gasteiger partial charge in [-0.1, -0.05) is 6.08 Å². The van der Waals surface area contributed by atoms with Gasteiger partial charge in [0.05, 0.1) is 0 Å². The summed E-state index contributed by atoms with van der Waals surface area (Å²) in [4.78, 5) is 4.00. The van der Waals surface area contributed by atoms with E-state index in [1.54, 1.807) is 0 Å². The topological polar surface area (TPSA) is 32.6 Å². The summed E-state index contributed by atoms with van der Waals surface area (Å²) < 4.78 is 0. The predicted octanol–water partition coefficient (Wildman–Crippen LogP) is 0.727. The number of rotatable bonds is 2. The van der Waals surface area contributed by atoms with Crippen molar-refractivity contribution in [2.45, 2.75) is 12.8 Å². The van der Waals surface area contributed by atoms with E-state index >= 15 is 0 Å². The van der Waals surface area contributed by atoms with Gasteiger partial charge < -0.3 is 5.11 Å². The first-order chi connectivity index (χ1) is 3.93. The highest BCUT2D eigenvalue weighted by Crippen LogP contribution is 2.07. The number of hydrogen-bond acceptors (Lipinski definition) is 2. The fourth-order valence-electron chi connectivity index (χ4n) is 0.693. The average molecular weight is 111 g/mol. The van der Waals surface area contributed by atoms with Crippen LogP contribution in [-0.4, -0.2) is 17.9 Å². The van der Waals surface area contributed by atoms with Gasteiger partial charge in [-0.15, -0.1) is 0 Å². The van der Waals surface area contributed by atoms with Crippen LogP contribution in [0.15, 0.2) is 16.8 Å². The molecular weight excluding hydrogens is 102 g/mol.